The number of ether oxygens (including phenoxy) is 1. The van der Waals surface area contributed by atoms with Crippen LogP contribution in [0.15, 0.2) is 47.4 Å². The number of carbonyl (C=O) groups is 1. The summed E-state index contributed by atoms with van der Waals surface area (Å²) < 4.78 is 32.6. The van der Waals surface area contributed by atoms with E-state index in [1.54, 1.807) is 0 Å². The molecule has 3 aromatic rings. The molecule has 170 valence electrons. The first kappa shape index (κ1) is 22.7. The van der Waals surface area contributed by atoms with Crippen molar-refractivity contribution in [3.8, 4) is 0 Å². The zero-order chi connectivity index (χ0) is 22.9. The molecule has 0 spiro atoms. The van der Waals surface area contributed by atoms with Gasteiger partial charge in [-0.3, -0.25) is 4.79 Å². The van der Waals surface area contributed by atoms with E-state index in [-0.39, 0.29) is 34.5 Å². The van der Waals surface area contributed by atoms with Crippen LogP contribution in [0.25, 0.3) is 11.0 Å². The van der Waals surface area contributed by atoms with Crippen LogP contribution < -0.4 is 5.32 Å². The lowest BCUT2D eigenvalue weighted by Gasteiger charge is -2.26. The summed E-state index contributed by atoms with van der Waals surface area (Å²) in [6.07, 6.45) is 0. The molecule has 1 saturated heterocycles. The van der Waals surface area contributed by atoms with E-state index in [1.807, 2.05) is 38.1 Å². The molecule has 0 aliphatic carbocycles. The molecule has 1 aliphatic heterocycles. The number of benzene rings is 2. The van der Waals surface area contributed by atoms with Crippen molar-refractivity contribution in [3.05, 3.63) is 58.9 Å². The number of para-hydroxylation sites is 2. The van der Waals surface area contributed by atoms with Gasteiger partial charge in [-0.1, -0.05) is 37.6 Å². The third-order valence-electron chi connectivity index (χ3n) is 5.45. The standard InChI is InChI=1S/C22H25ClN4O4S/c1-14(2)20(21-24-18-5-3-4-6-19(18)25-21)26-22(28)16-13-15(7-8-17(16)23)32(29,30)27-9-11-31-12-10-27/h3-8,13-14,20H,9-12H2,1-2H3,(H,24,25)(H,26,28)/t20-/m0/s1. The Kier molecular flexibility index (Phi) is 6.52. The lowest BCUT2D eigenvalue weighted by molar-refractivity contribution is 0.0730. The molecule has 4 rings (SSSR count). The number of rotatable bonds is 6. The van der Waals surface area contributed by atoms with E-state index in [1.165, 1.54) is 22.5 Å². The second-order valence-corrected chi connectivity index (χ2v) is 10.3. The largest absolute Gasteiger partial charge is 0.379 e. The normalized spacial score (nSPS) is 16.4. The van der Waals surface area contributed by atoms with E-state index in [2.05, 4.69) is 15.3 Å². The van der Waals surface area contributed by atoms with Gasteiger partial charge in [-0.25, -0.2) is 13.4 Å². The molecular formula is C22H25ClN4O4S. The minimum atomic E-state index is -3.75. The Balaban J connectivity index is 1.62. The summed E-state index contributed by atoms with van der Waals surface area (Å²) in [7, 11) is -3.75. The molecule has 10 heteroatoms. The molecule has 0 unspecified atom stereocenters. The highest BCUT2D eigenvalue weighted by Crippen LogP contribution is 2.26. The van der Waals surface area contributed by atoms with E-state index in [0.717, 1.165) is 11.0 Å². The zero-order valence-corrected chi connectivity index (χ0v) is 19.4. The minimum Gasteiger partial charge on any atom is -0.379 e. The molecule has 2 aromatic carbocycles. The number of carbonyl (C=O) groups excluding carboxylic acids is 1. The maximum absolute atomic E-state index is 13.2. The van der Waals surface area contributed by atoms with Crippen LogP contribution in [0.5, 0.6) is 0 Å². The van der Waals surface area contributed by atoms with Crippen LogP contribution in [0.2, 0.25) is 5.02 Å². The Morgan fingerprint density at radius 3 is 2.59 bits per heavy atom. The van der Waals surface area contributed by atoms with Crippen LogP contribution in [0, 0.1) is 5.92 Å². The van der Waals surface area contributed by atoms with Crippen molar-refractivity contribution in [2.24, 2.45) is 5.92 Å². The average Bonchev–Trinajstić information content (AvgIpc) is 3.21. The Labute approximate surface area is 192 Å². The highest BCUT2D eigenvalue weighted by Gasteiger charge is 2.29. The third kappa shape index (κ3) is 4.52. The average molecular weight is 477 g/mol. The Morgan fingerprint density at radius 2 is 1.91 bits per heavy atom. The Hall–Kier alpha value is -2.46. The van der Waals surface area contributed by atoms with Crippen LogP contribution in [0.4, 0.5) is 0 Å². The van der Waals surface area contributed by atoms with Gasteiger partial charge in [-0.15, -0.1) is 0 Å². The maximum Gasteiger partial charge on any atom is 0.253 e. The van der Waals surface area contributed by atoms with Gasteiger partial charge >= 0.3 is 0 Å². The molecule has 0 radical (unpaired) electrons. The van der Waals surface area contributed by atoms with Gasteiger partial charge in [-0.05, 0) is 36.2 Å². The van der Waals surface area contributed by atoms with Crippen molar-refractivity contribution in [1.29, 1.82) is 0 Å². The van der Waals surface area contributed by atoms with Crippen LogP contribution in [0.3, 0.4) is 0 Å². The number of hydrogen-bond acceptors (Lipinski definition) is 5. The molecule has 1 fully saturated rings. The van der Waals surface area contributed by atoms with Crippen LogP contribution in [0.1, 0.15) is 36.1 Å². The molecule has 8 nitrogen and oxygen atoms in total. The SMILES string of the molecule is CC(C)[C@H](NC(=O)c1cc(S(=O)(=O)N2CCOCC2)ccc1Cl)c1nc2ccccc2[nH]1. The first-order valence-corrected chi connectivity index (χ1v) is 12.2. The van der Waals surface area contributed by atoms with Gasteiger partial charge in [0.15, 0.2) is 0 Å². The first-order chi connectivity index (χ1) is 15.3. The van der Waals surface area contributed by atoms with Crippen molar-refractivity contribution in [3.63, 3.8) is 0 Å². The summed E-state index contributed by atoms with van der Waals surface area (Å²) in [4.78, 5) is 21.0. The Bertz CT molecular complexity index is 1200. The number of H-pyrrole nitrogens is 1. The van der Waals surface area contributed by atoms with Crippen molar-refractivity contribution >= 4 is 38.6 Å². The monoisotopic (exact) mass is 476 g/mol. The number of halogens is 1. The van der Waals surface area contributed by atoms with Gasteiger partial charge in [0.25, 0.3) is 5.91 Å². The lowest BCUT2D eigenvalue weighted by atomic mass is 10.0. The molecule has 32 heavy (non-hydrogen) atoms. The van der Waals surface area contributed by atoms with Crippen LogP contribution >= 0.6 is 11.6 Å². The van der Waals surface area contributed by atoms with E-state index in [0.29, 0.717) is 19.0 Å². The third-order valence-corrected chi connectivity index (χ3v) is 7.67. The number of aromatic nitrogens is 2. The number of morpholine rings is 1. The fraction of sp³-hybridized carbons (Fsp3) is 0.364. The number of nitrogens with zero attached hydrogens (tertiary/aromatic N) is 2. The quantitative estimate of drug-likeness (QED) is 0.567. The summed E-state index contributed by atoms with van der Waals surface area (Å²) in [5.74, 6) is 0.189. The summed E-state index contributed by atoms with van der Waals surface area (Å²) in [5.41, 5.74) is 1.78. The van der Waals surface area contributed by atoms with Gasteiger partial charge in [0, 0.05) is 13.1 Å². The maximum atomic E-state index is 13.2. The lowest BCUT2D eigenvalue weighted by Crippen LogP contribution is -2.40. The first-order valence-electron chi connectivity index (χ1n) is 10.4. The van der Waals surface area contributed by atoms with Gasteiger partial charge < -0.3 is 15.0 Å². The van der Waals surface area contributed by atoms with Gasteiger partial charge in [-0.2, -0.15) is 4.31 Å². The predicted octanol–water partition coefficient (Wildman–Crippen LogP) is 3.36. The van der Waals surface area contributed by atoms with E-state index >= 15 is 0 Å². The molecule has 1 amide bonds. The summed E-state index contributed by atoms with van der Waals surface area (Å²) >= 11 is 6.29. The highest BCUT2D eigenvalue weighted by atomic mass is 35.5. The molecule has 1 atom stereocenters. The van der Waals surface area contributed by atoms with Gasteiger partial charge in [0.1, 0.15) is 5.82 Å². The molecule has 2 N–H and O–H groups in total. The fourth-order valence-electron chi connectivity index (χ4n) is 3.66. The summed E-state index contributed by atoms with van der Waals surface area (Å²) in [6.45, 7) is 5.17. The van der Waals surface area contributed by atoms with Crippen molar-refractivity contribution in [2.45, 2.75) is 24.8 Å². The number of hydrogen-bond donors (Lipinski definition) is 2. The predicted molar refractivity (Wildman–Crippen MR) is 122 cm³/mol. The van der Waals surface area contributed by atoms with E-state index in [9.17, 15) is 13.2 Å². The summed E-state index contributed by atoms with van der Waals surface area (Å²) in [5, 5.41) is 3.14. The second-order valence-electron chi connectivity index (χ2n) is 7.99. The van der Waals surface area contributed by atoms with E-state index in [4.69, 9.17) is 16.3 Å². The zero-order valence-electron chi connectivity index (χ0n) is 17.8. The van der Waals surface area contributed by atoms with Crippen LogP contribution in [-0.2, 0) is 14.8 Å². The number of nitrogens with one attached hydrogen (secondary N) is 2. The minimum absolute atomic E-state index is 0.0264. The molecule has 0 bridgehead atoms. The highest BCUT2D eigenvalue weighted by molar-refractivity contribution is 7.89. The fourth-order valence-corrected chi connectivity index (χ4v) is 5.30. The number of amides is 1. The smallest absolute Gasteiger partial charge is 0.253 e. The number of aromatic amines is 1. The second kappa shape index (κ2) is 9.19. The molecule has 1 aromatic heterocycles. The van der Waals surface area contributed by atoms with Crippen molar-refractivity contribution in [1.82, 2.24) is 19.6 Å². The van der Waals surface area contributed by atoms with Crippen molar-refractivity contribution < 1.29 is 17.9 Å². The number of imidazole rings is 1. The number of sulfonamides is 1. The summed E-state index contributed by atoms with van der Waals surface area (Å²) in [6, 6.07) is 11.4. The molecule has 2 heterocycles. The van der Waals surface area contributed by atoms with Gasteiger partial charge in [0.2, 0.25) is 10.0 Å². The Morgan fingerprint density at radius 1 is 1.19 bits per heavy atom. The molecular weight excluding hydrogens is 452 g/mol. The van der Waals surface area contributed by atoms with E-state index < -0.39 is 22.0 Å². The van der Waals surface area contributed by atoms with Gasteiger partial charge in [0.05, 0.1) is 45.8 Å². The topological polar surface area (TPSA) is 104 Å². The molecule has 1 aliphatic rings. The molecule has 0 saturated carbocycles. The number of fused-ring (bicyclic) bond motifs is 1. The van der Waals surface area contributed by atoms with Crippen LogP contribution in [-0.4, -0.2) is 54.9 Å². The van der Waals surface area contributed by atoms with Crippen molar-refractivity contribution in [2.75, 3.05) is 26.3 Å².